The molecule has 1 amide bonds. The van der Waals surface area contributed by atoms with Crippen molar-refractivity contribution in [1.29, 1.82) is 0 Å². The van der Waals surface area contributed by atoms with Crippen LogP contribution in [0.25, 0.3) is 0 Å². The fourth-order valence-electron chi connectivity index (χ4n) is 3.08. The van der Waals surface area contributed by atoms with E-state index in [0.717, 1.165) is 25.0 Å². The van der Waals surface area contributed by atoms with Crippen LogP contribution in [0.4, 0.5) is 4.79 Å². The second kappa shape index (κ2) is 8.19. The molecule has 1 aliphatic heterocycles. The third kappa shape index (κ3) is 7.04. The van der Waals surface area contributed by atoms with E-state index < -0.39 is 11.7 Å². The van der Waals surface area contributed by atoms with E-state index in [9.17, 15) is 4.79 Å². The van der Waals surface area contributed by atoms with Gasteiger partial charge in [0.1, 0.15) is 5.60 Å². The number of carbonyl (C=O) groups is 1. The standard InChI is InChI=1S/C20H32N2O3/c1-19(2,3)25-18(23)22-17(15-9-7-6-8-10-15)14-21-16-11-12-24-20(4,5)13-16/h6-10,16-17,21H,11-14H2,1-5H3,(H,22,23). The highest BCUT2D eigenvalue weighted by molar-refractivity contribution is 5.68. The summed E-state index contributed by atoms with van der Waals surface area (Å²) < 4.78 is 11.2. The Balaban J connectivity index is 1.99. The molecule has 1 fully saturated rings. The largest absolute Gasteiger partial charge is 0.444 e. The van der Waals surface area contributed by atoms with Gasteiger partial charge in [-0.3, -0.25) is 0 Å². The first-order valence-corrected chi connectivity index (χ1v) is 9.06. The first kappa shape index (κ1) is 19.7. The summed E-state index contributed by atoms with van der Waals surface area (Å²) in [6.07, 6.45) is 1.55. The Kier molecular flexibility index (Phi) is 6.47. The molecule has 0 aromatic heterocycles. The maximum atomic E-state index is 12.2. The fraction of sp³-hybridized carbons (Fsp3) is 0.650. The number of benzene rings is 1. The lowest BCUT2D eigenvalue weighted by atomic mass is 9.93. The smallest absolute Gasteiger partial charge is 0.408 e. The maximum Gasteiger partial charge on any atom is 0.408 e. The molecule has 2 rings (SSSR count). The van der Waals surface area contributed by atoms with Crippen molar-refractivity contribution in [2.75, 3.05) is 13.2 Å². The SMILES string of the molecule is CC(C)(C)OC(=O)NC(CNC1CCOC(C)(C)C1)c1ccccc1. The van der Waals surface area contributed by atoms with E-state index in [2.05, 4.69) is 24.5 Å². The van der Waals surface area contributed by atoms with Crippen molar-refractivity contribution in [3.63, 3.8) is 0 Å². The highest BCUT2D eigenvalue weighted by Gasteiger charge is 2.29. The third-order valence-corrected chi connectivity index (χ3v) is 4.20. The van der Waals surface area contributed by atoms with Crippen molar-refractivity contribution in [2.24, 2.45) is 0 Å². The summed E-state index contributed by atoms with van der Waals surface area (Å²) in [5, 5.41) is 6.59. The molecule has 0 bridgehead atoms. The predicted molar refractivity (Wildman–Crippen MR) is 99.6 cm³/mol. The number of carbonyl (C=O) groups excluding carboxylic acids is 1. The summed E-state index contributed by atoms with van der Waals surface area (Å²) in [5.74, 6) is 0. The molecule has 2 N–H and O–H groups in total. The molecule has 1 aromatic rings. The van der Waals surface area contributed by atoms with Gasteiger partial charge in [0.2, 0.25) is 0 Å². The minimum atomic E-state index is -0.510. The normalized spacial score (nSPS) is 21.4. The summed E-state index contributed by atoms with van der Waals surface area (Å²) in [6.45, 7) is 11.3. The number of rotatable bonds is 5. The highest BCUT2D eigenvalue weighted by atomic mass is 16.6. The number of amides is 1. The molecule has 140 valence electrons. The minimum Gasteiger partial charge on any atom is -0.444 e. The van der Waals surface area contributed by atoms with Crippen LogP contribution in [0, 0.1) is 0 Å². The number of alkyl carbamates (subject to hydrolysis) is 1. The average Bonchev–Trinajstić information content (AvgIpc) is 2.49. The summed E-state index contributed by atoms with van der Waals surface area (Å²) >= 11 is 0. The molecule has 5 heteroatoms. The zero-order chi connectivity index (χ0) is 18.5. The monoisotopic (exact) mass is 348 g/mol. The van der Waals surface area contributed by atoms with Gasteiger partial charge in [-0.2, -0.15) is 0 Å². The zero-order valence-corrected chi connectivity index (χ0v) is 16.1. The minimum absolute atomic E-state index is 0.100. The molecule has 0 aliphatic carbocycles. The Labute approximate surface area is 151 Å². The van der Waals surface area contributed by atoms with Gasteiger partial charge in [0.05, 0.1) is 11.6 Å². The van der Waals surface area contributed by atoms with Gasteiger partial charge in [-0.15, -0.1) is 0 Å². The van der Waals surface area contributed by atoms with Crippen molar-refractivity contribution in [1.82, 2.24) is 10.6 Å². The topological polar surface area (TPSA) is 59.6 Å². The molecule has 5 nitrogen and oxygen atoms in total. The van der Waals surface area contributed by atoms with Gasteiger partial charge in [0.15, 0.2) is 0 Å². The van der Waals surface area contributed by atoms with Crippen LogP contribution in [0.3, 0.4) is 0 Å². The first-order chi connectivity index (χ1) is 11.6. The van der Waals surface area contributed by atoms with E-state index >= 15 is 0 Å². The van der Waals surface area contributed by atoms with Gasteiger partial charge in [-0.25, -0.2) is 4.79 Å². The van der Waals surface area contributed by atoms with Gasteiger partial charge in [0, 0.05) is 19.2 Å². The van der Waals surface area contributed by atoms with Gasteiger partial charge in [-0.1, -0.05) is 30.3 Å². The second-order valence-corrected chi connectivity index (χ2v) is 8.32. The van der Waals surface area contributed by atoms with Crippen LogP contribution < -0.4 is 10.6 Å². The quantitative estimate of drug-likeness (QED) is 0.850. The summed E-state index contributed by atoms with van der Waals surface area (Å²) in [4.78, 5) is 12.2. The Morgan fingerprint density at radius 1 is 1.32 bits per heavy atom. The van der Waals surface area contributed by atoms with Crippen LogP contribution in [0.5, 0.6) is 0 Å². The Bertz CT molecular complexity index is 552. The summed E-state index contributed by atoms with van der Waals surface area (Å²) in [7, 11) is 0. The molecule has 1 aliphatic rings. The van der Waals surface area contributed by atoms with Crippen LogP contribution in [0.1, 0.15) is 59.1 Å². The maximum absolute atomic E-state index is 12.2. The van der Waals surface area contributed by atoms with Crippen molar-refractivity contribution in [3.05, 3.63) is 35.9 Å². The van der Waals surface area contributed by atoms with Crippen LogP contribution in [0.2, 0.25) is 0 Å². The third-order valence-electron chi connectivity index (χ3n) is 4.20. The lowest BCUT2D eigenvalue weighted by molar-refractivity contribution is -0.0630. The molecular formula is C20H32N2O3. The van der Waals surface area contributed by atoms with E-state index in [1.807, 2.05) is 51.1 Å². The molecule has 0 spiro atoms. The Morgan fingerprint density at radius 3 is 2.60 bits per heavy atom. The lowest BCUT2D eigenvalue weighted by Crippen LogP contribution is -2.47. The molecule has 2 unspecified atom stereocenters. The molecule has 0 saturated carbocycles. The molecule has 2 atom stereocenters. The zero-order valence-electron chi connectivity index (χ0n) is 16.1. The van der Waals surface area contributed by atoms with Crippen LogP contribution in [-0.2, 0) is 9.47 Å². The van der Waals surface area contributed by atoms with Crippen molar-refractivity contribution in [3.8, 4) is 0 Å². The summed E-state index contributed by atoms with van der Waals surface area (Å²) in [5.41, 5.74) is 0.451. The molecule has 25 heavy (non-hydrogen) atoms. The van der Waals surface area contributed by atoms with Crippen LogP contribution >= 0.6 is 0 Å². The van der Waals surface area contributed by atoms with E-state index in [1.165, 1.54) is 0 Å². The predicted octanol–water partition coefficient (Wildman–Crippen LogP) is 3.80. The summed E-state index contributed by atoms with van der Waals surface area (Å²) in [6, 6.07) is 10.2. The molecule has 0 radical (unpaired) electrons. The van der Waals surface area contributed by atoms with Crippen molar-refractivity contribution in [2.45, 2.75) is 70.7 Å². The van der Waals surface area contributed by atoms with E-state index in [1.54, 1.807) is 0 Å². The van der Waals surface area contributed by atoms with Crippen molar-refractivity contribution < 1.29 is 14.3 Å². The molecule has 1 saturated heterocycles. The van der Waals surface area contributed by atoms with Gasteiger partial charge in [-0.05, 0) is 53.0 Å². The fourth-order valence-corrected chi connectivity index (χ4v) is 3.08. The molecular weight excluding hydrogens is 316 g/mol. The van der Waals surface area contributed by atoms with E-state index in [4.69, 9.17) is 9.47 Å². The first-order valence-electron chi connectivity index (χ1n) is 9.06. The number of ether oxygens (including phenoxy) is 2. The van der Waals surface area contributed by atoms with E-state index in [-0.39, 0.29) is 11.6 Å². The lowest BCUT2D eigenvalue weighted by Gasteiger charge is -2.36. The Morgan fingerprint density at radius 2 is 2.00 bits per heavy atom. The van der Waals surface area contributed by atoms with Gasteiger partial charge in [0.25, 0.3) is 0 Å². The van der Waals surface area contributed by atoms with E-state index in [0.29, 0.717) is 12.6 Å². The second-order valence-electron chi connectivity index (χ2n) is 8.32. The number of hydrogen-bond acceptors (Lipinski definition) is 4. The van der Waals surface area contributed by atoms with Gasteiger partial charge < -0.3 is 20.1 Å². The number of nitrogens with one attached hydrogen (secondary N) is 2. The van der Waals surface area contributed by atoms with Crippen molar-refractivity contribution >= 4 is 6.09 Å². The van der Waals surface area contributed by atoms with Crippen LogP contribution in [0.15, 0.2) is 30.3 Å². The molecule has 1 aromatic carbocycles. The Hall–Kier alpha value is -1.59. The average molecular weight is 348 g/mol. The highest BCUT2D eigenvalue weighted by Crippen LogP contribution is 2.24. The molecule has 1 heterocycles. The number of hydrogen-bond donors (Lipinski definition) is 2. The van der Waals surface area contributed by atoms with Crippen LogP contribution in [-0.4, -0.2) is 36.5 Å². The van der Waals surface area contributed by atoms with Gasteiger partial charge >= 0.3 is 6.09 Å².